The number of aliphatic carboxylic acids is 4. The van der Waals surface area contributed by atoms with Gasteiger partial charge in [0.1, 0.15) is 12.1 Å². The fourth-order valence-corrected chi connectivity index (χ4v) is 10.7. The van der Waals surface area contributed by atoms with Crippen molar-refractivity contribution in [3.63, 3.8) is 0 Å². The zero-order valence-corrected chi connectivity index (χ0v) is 48.5. The molecule has 2 aliphatic rings. The van der Waals surface area contributed by atoms with Crippen molar-refractivity contribution < 1.29 is 58.7 Å². The Morgan fingerprint density at radius 3 is 1.21 bits per heavy atom. The second-order valence-electron chi connectivity index (χ2n) is 21.6. The van der Waals surface area contributed by atoms with Crippen LogP contribution in [0.2, 0.25) is 0 Å². The molecule has 0 saturated heterocycles. The van der Waals surface area contributed by atoms with Crippen molar-refractivity contribution in [2.24, 2.45) is 0 Å². The molecular formula is C62H88N6O12. The molecule has 3 aromatic rings. The SMILES string of the molecule is CCCCCCCCCCOC(C)c1c(C)c2cc3[nH]c(cc4nc(cc5nc(cc1[nH]2)C(C)=C5CCC(=O)NC(CC(=O)O)C(=O)O)C(CCC(=O)NC(CC(=O)O)C(=O)O)=C4C)c(C)c3C(C)OCCCCCCCCCC. The molecule has 2 amide bonds. The molecule has 0 radical (unpaired) electrons. The molecule has 4 atom stereocenters. The normalized spacial score (nSPS) is 14.0. The quantitative estimate of drug-likeness (QED) is 0.0251. The number of allylic oxidation sites excluding steroid dienone is 4. The van der Waals surface area contributed by atoms with Gasteiger partial charge in [-0.1, -0.05) is 104 Å². The van der Waals surface area contributed by atoms with Gasteiger partial charge in [-0.2, -0.15) is 0 Å². The summed E-state index contributed by atoms with van der Waals surface area (Å²) in [6.45, 7) is 17.7. The Kier molecular flexibility index (Phi) is 25.6. The Balaban J connectivity index is 1.68. The fraction of sp³-hybridized carbons (Fsp3) is 0.581. The number of ether oxygens (including phenoxy) is 2. The Hall–Kier alpha value is -6.66. The number of aromatic nitrogens is 4. The van der Waals surface area contributed by atoms with Crippen LogP contribution in [0.3, 0.4) is 0 Å². The fourth-order valence-electron chi connectivity index (χ4n) is 10.7. The lowest BCUT2D eigenvalue weighted by Gasteiger charge is -2.14. The third-order valence-electron chi connectivity index (χ3n) is 15.4. The number of nitrogens with zero attached hydrogens (tertiary/aromatic N) is 2. The highest BCUT2D eigenvalue weighted by Crippen LogP contribution is 2.40. The monoisotopic (exact) mass is 1110 g/mol. The minimum Gasteiger partial charge on any atom is -0.481 e. The van der Waals surface area contributed by atoms with Crippen LogP contribution >= 0.6 is 0 Å². The lowest BCUT2D eigenvalue weighted by Crippen LogP contribution is -2.42. The highest BCUT2D eigenvalue weighted by molar-refractivity contribution is 5.97. The predicted molar refractivity (Wildman–Crippen MR) is 312 cm³/mol. The first-order valence-corrected chi connectivity index (χ1v) is 29.1. The second-order valence-corrected chi connectivity index (χ2v) is 21.6. The van der Waals surface area contributed by atoms with Crippen LogP contribution < -0.4 is 10.6 Å². The average Bonchev–Trinajstić information content (AvgIpc) is 4.22. The van der Waals surface area contributed by atoms with Gasteiger partial charge in [0.25, 0.3) is 0 Å². The van der Waals surface area contributed by atoms with Crippen LogP contribution in [0.1, 0.15) is 240 Å². The number of hydrogen-bond acceptors (Lipinski definition) is 10. The van der Waals surface area contributed by atoms with Crippen LogP contribution in [-0.2, 0) is 38.2 Å². The zero-order chi connectivity index (χ0) is 58.5. The molecule has 18 heteroatoms. The molecule has 5 rings (SSSR count). The van der Waals surface area contributed by atoms with Crippen molar-refractivity contribution in [3.05, 3.63) is 69.3 Å². The van der Waals surface area contributed by atoms with Gasteiger partial charge < -0.3 is 50.5 Å². The molecule has 5 heterocycles. The van der Waals surface area contributed by atoms with Crippen molar-refractivity contribution in [3.8, 4) is 0 Å². The number of carbonyl (C=O) groups is 6. The highest BCUT2D eigenvalue weighted by atomic mass is 16.5. The topological polar surface area (TPSA) is 283 Å². The molecule has 0 aromatic carbocycles. The standard InChI is InChI=1S/C62H88N6O12/c1-9-11-13-15-17-19-21-23-29-79-41(7)59-39(5)47-31-45-37(3)43(25-27-55(69)67-53(61(75)76)35-57(71)72)49(63-45)34-50-44(26-28-56(70)68-54(62(77)78)36-58(73)74)38(4)46(64-50)32-51-60(40(6)48(66-51)33-52(59)65-47)42(8)80-30-24-22-20-18-16-14-12-10-2/h31-34,41-42,53-54,65-66H,9-30,35-36H2,1-8H3,(H,67,69)(H,68,70)(H,71,72)(H,73,74)(H,75,76)(H,77,78). The summed E-state index contributed by atoms with van der Waals surface area (Å²) >= 11 is 0. The molecule has 0 fully saturated rings. The zero-order valence-electron chi connectivity index (χ0n) is 48.5. The number of nitrogens with one attached hydrogen (secondary N) is 4. The lowest BCUT2D eigenvalue weighted by atomic mass is 9.97. The molecule has 2 aliphatic heterocycles. The van der Waals surface area contributed by atoms with E-state index in [9.17, 15) is 49.2 Å². The number of carbonyl (C=O) groups excluding carboxylic acids is 2. The maximum absolute atomic E-state index is 13.4. The van der Waals surface area contributed by atoms with Crippen molar-refractivity contribution in [2.45, 2.75) is 221 Å². The molecule has 3 aromatic heterocycles. The first-order valence-electron chi connectivity index (χ1n) is 29.1. The number of fused-ring (bicyclic) bond motifs is 8. The maximum Gasteiger partial charge on any atom is 0.326 e. The number of unbranched alkanes of at least 4 members (excludes halogenated alkanes) is 14. The van der Waals surface area contributed by atoms with Gasteiger partial charge >= 0.3 is 23.9 Å². The number of carboxylic acids is 4. The molecule has 8 N–H and O–H groups in total. The van der Waals surface area contributed by atoms with Crippen LogP contribution in [0.25, 0.3) is 44.4 Å². The van der Waals surface area contributed by atoms with E-state index in [0.717, 1.165) is 87.6 Å². The van der Waals surface area contributed by atoms with Gasteiger partial charge in [0.2, 0.25) is 11.8 Å². The first kappa shape index (κ1) is 64.2. The van der Waals surface area contributed by atoms with E-state index >= 15 is 0 Å². The molecule has 8 bridgehead atoms. The summed E-state index contributed by atoms with van der Waals surface area (Å²) in [5, 5.41) is 42.8. The van der Waals surface area contributed by atoms with E-state index in [4.69, 9.17) is 19.4 Å². The van der Waals surface area contributed by atoms with Gasteiger partial charge in [0.15, 0.2) is 0 Å². The van der Waals surface area contributed by atoms with E-state index in [1.807, 2.05) is 26.0 Å². The first-order chi connectivity index (χ1) is 38.2. The van der Waals surface area contributed by atoms with Crippen LogP contribution in [-0.4, -0.2) is 101 Å². The van der Waals surface area contributed by atoms with Gasteiger partial charge in [-0.3, -0.25) is 19.2 Å². The van der Waals surface area contributed by atoms with Crippen molar-refractivity contribution in [1.82, 2.24) is 30.6 Å². The Bertz CT molecular complexity index is 2900. The number of aromatic amines is 2. The van der Waals surface area contributed by atoms with Gasteiger partial charge in [-0.05, 0) is 125 Å². The summed E-state index contributed by atoms with van der Waals surface area (Å²) in [5.41, 5.74) is 12.0. The average molecular weight is 1110 g/mol. The second kappa shape index (κ2) is 32.0. The minimum atomic E-state index is -1.64. The lowest BCUT2D eigenvalue weighted by molar-refractivity contribution is -0.147. The summed E-state index contributed by atoms with van der Waals surface area (Å²) in [4.78, 5) is 91.4. The summed E-state index contributed by atoms with van der Waals surface area (Å²) in [6.07, 6.45) is 16.4. The third-order valence-corrected chi connectivity index (χ3v) is 15.4. The highest BCUT2D eigenvalue weighted by Gasteiger charge is 2.28. The molecule has 0 saturated carbocycles. The van der Waals surface area contributed by atoms with Crippen molar-refractivity contribution >= 4 is 80.1 Å². The van der Waals surface area contributed by atoms with E-state index in [2.05, 4.69) is 68.2 Å². The number of H-pyrrole nitrogens is 2. The van der Waals surface area contributed by atoms with E-state index in [0.29, 0.717) is 47.1 Å². The summed E-state index contributed by atoms with van der Waals surface area (Å²) < 4.78 is 13.3. The third kappa shape index (κ3) is 18.7. The Labute approximate surface area is 471 Å². The number of hydrogen-bond donors (Lipinski definition) is 8. The van der Waals surface area contributed by atoms with E-state index < -0.39 is 60.6 Å². The largest absolute Gasteiger partial charge is 0.481 e. The molecule has 0 spiro atoms. The Morgan fingerprint density at radius 1 is 0.487 bits per heavy atom. The Morgan fingerprint density at radius 2 is 0.838 bits per heavy atom. The summed E-state index contributed by atoms with van der Waals surface area (Å²) in [7, 11) is 0. The van der Waals surface area contributed by atoms with Crippen LogP contribution in [0.15, 0.2) is 24.3 Å². The van der Waals surface area contributed by atoms with E-state index in [1.165, 1.54) is 70.6 Å². The maximum atomic E-state index is 13.4. The van der Waals surface area contributed by atoms with Gasteiger partial charge in [-0.25, -0.2) is 19.6 Å². The number of amides is 2. The van der Waals surface area contributed by atoms with Gasteiger partial charge in [0.05, 0.1) is 47.8 Å². The summed E-state index contributed by atoms with van der Waals surface area (Å²) in [6, 6.07) is 4.55. The number of rotatable bonds is 36. The minimum absolute atomic E-state index is 0.0836. The van der Waals surface area contributed by atoms with E-state index in [1.54, 1.807) is 6.07 Å². The van der Waals surface area contributed by atoms with Crippen LogP contribution in [0.5, 0.6) is 0 Å². The van der Waals surface area contributed by atoms with Crippen molar-refractivity contribution in [1.29, 1.82) is 0 Å². The van der Waals surface area contributed by atoms with Crippen LogP contribution in [0, 0.1) is 13.8 Å². The molecule has 0 aliphatic carbocycles. The van der Waals surface area contributed by atoms with Crippen LogP contribution in [0.4, 0.5) is 0 Å². The smallest absolute Gasteiger partial charge is 0.326 e. The van der Waals surface area contributed by atoms with E-state index in [-0.39, 0.29) is 37.9 Å². The van der Waals surface area contributed by atoms with Gasteiger partial charge in [-0.15, -0.1) is 0 Å². The molecule has 438 valence electrons. The van der Waals surface area contributed by atoms with Gasteiger partial charge in [0, 0.05) is 59.2 Å². The molecule has 80 heavy (non-hydrogen) atoms. The molecule has 18 nitrogen and oxygen atoms in total. The summed E-state index contributed by atoms with van der Waals surface area (Å²) in [5.74, 6) is -7.03. The number of aryl methyl sites for hydroxylation is 2. The van der Waals surface area contributed by atoms with Crippen molar-refractivity contribution in [2.75, 3.05) is 13.2 Å². The predicted octanol–water partition coefficient (Wildman–Crippen LogP) is 12.9. The number of carboxylic acid groups (broad SMARTS) is 4. The molecule has 4 unspecified atom stereocenters. The molecular weight excluding hydrogens is 1020 g/mol.